The molecule has 1 aliphatic heterocycles. The van der Waals surface area contributed by atoms with Crippen molar-refractivity contribution in [1.29, 1.82) is 0 Å². The molecular weight excluding hydrogens is 286 g/mol. The van der Waals surface area contributed by atoms with Gasteiger partial charge < -0.3 is 20.5 Å². The Hall–Kier alpha value is -1.99. The molecular formula is C15H21N3O4. The van der Waals surface area contributed by atoms with Gasteiger partial charge in [-0.15, -0.1) is 0 Å². The van der Waals surface area contributed by atoms with Crippen molar-refractivity contribution in [3.63, 3.8) is 0 Å². The first-order valence-corrected chi connectivity index (χ1v) is 7.20. The Morgan fingerprint density at radius 2 is 2.23 bits per heavy atom. The standard InChI is InChI=1S/C15H21N3O4/c1-9-3-4-11(10(2)17-9)15(20)18-12-7-21-6-5-13(12)22-8-14(16)19/h3-4,12-13H,5-8H2,1-2H3,(H2,16,19)(H,18,20)/t12-,13+/m1/s1. The quantitative estimate of drug-likeness (QED) is 0.802. The van der Waals surface area contributed by atoms with E-state index in [1.165, 1.54) is 0 Å². The maximum absolute atomic E-state index is 12.4. The van der Waals surface area contributed by atoms with Crippen LogP contribution in [0.3, 0.4) is 0 Å². The highest BCUT2D eigenvalue weighted by Crippen LogP contribution is 2.14. The van der Waals surface area contributed by atoms with Gasteiger partial charge in [-0.3, -0.25) is 14.6 Å². The maximum atomic E-state index is 12.4. The van der Waals surface area contributed by atoms with Gasteiger partial charge in [0, 0.05) is 12.3 Å². The van der Waals surface area contributed by atoms with Gasteiger partial charge in [0.1, 0.15) is 6.61 Å². The second-order valence-electron chi connectivity index (χ2n) is 5.34. The molecule has 2 heterocycles. The SMILES string of the molecule is Cc1ccc(C(=O)N[C@@H]2COCC[C@@H]2OCC(N)=O)c(C)n1. The van der Waals surface area contributed by atoms with Crippen molar-refractivity contribution in [2.24, 2.45) is 5.73 Å². The number of nitrogens with two attached hydrogens (primary N) is 1. The number of primary amides is 1. The second kappa shape index (κ2) is 7.33. The summed E-state index contributed by atoms with van der Waals surface area (Å²) in [5, 5.41) is 2.89. The highest BCUT2D eigenvalue weighted by Gasteiger charge is 2.29. The van der Waals surface area contributed by atoms with E-state index in [1.807, 2.05) is 6.92 Å². The monoisotopic (exact) mass is 307 g/mol. The number of carbonyl (C=O) groups excluding carboxylic acids is 2. The van der Waals surface area contributed by atoms with Gasteiger partial charge in [-0.2, -0.15) is 0 Å². The van der Waals surface area contributed by atoms with Crippen LogP contribution in [0.2, 0.25) is 0 Å². The van der Waals surface area contributed by atoms with Gasteiger partial charge in [0.25, 0.3) is 5.91 Å². The number of hydrogen-bond acceptors (Lipinski definition) is 5. The third-order valence-electron chi connectivity index (χ3n) is 3.52. The smallest absolute Gasteiger partial charge is 0.253 e. The largest absolute Gasteiger partial charge is 0.379 e. The van der Waals surface area contributed by atoms with E-state index in [0.717, 1.165) is 5.69 Å². The van der Waals surface area contributed by atoms with Gasteiger partial charge in [0.2, 0.25) is 5.91 Å². The predicted octanol–water partition coefficient (Wildman–Crippen LogP) is 0.0876. The maximum Gasteiger partial charge on any atom is 0.253 e. The van der Waals surface area contributed by atoms with Crippen LogP contribution >= 0.6 is 0 Å². The van der Waals surface area contributed by atoms with Gasteiger partial charge in [-0.25, -0.2) is 0 Å². The number of pyridine rings is 1. The molecule has 7 heteroatoms. The highest BCUT2D eigenvalue weighted by atomic mass is 16.5. The van der Waals surface area contributed by atoms with Crippen molar-refractivity contribution in [1.82, 2.24) is 10.3 Å². The second-order valence-corrected chi connectivity index (χ2v) is 5.34. The lowest BCUT2D eigenvalue weighted by atomic mass is 10.1. The number of ether oxygens (including phenoxy) is 2. The summed E-state index contributed by atoms with van der Waals surface area (Å²) in [6.45, 7) is 4.37. The lowest BCUT2D eigenvalue weighted by molar-refractivity contribution is -0.128. The molecule has 22 heavy (non-hydrogen) atoms. The molecule has 0 spiro atoms. The van der Waals surface area contributed by atoms with Gasteiger partial charge in [0.15, 0.2) is 0 Å². The molecule has 3 N–H and O–H groups in total. The summed E-state index contributed by atoms with van der Waals surface area (Å²) in [7, 11) is 0. The molecule has 1 aromatic heterocycles. The van der Waals surface area contributed by atoms with Crippen molar-refractivity contribution in [2.75, 3.05) is 19.8 Å². The fourth-order valence-corrected chi connectivity index (χ4v) is 2.41. The first-order valence-electron chi connectivity index (χ1n) is 7.20. The third-order valence-corrected chi connectivity index (χ3v) is 3.52. The average Bonchev–Trinajstić information content (AvgIpc) is 2.46. The molecule has 0 bridgehead atoms. The van der Waals surface area contributed by atoms with Gasteiger partial charge in [-0.1, -0.05) is 0 Å². The Morgan fingerprint density at radius 3 is 2.91 bits per heavy atom. The highest BCUT2D eigenvalue weighted by molar-refractivity contribution is 5.95. The van der Waals surface area contributed by atoms with Gasteiger partial charge in [0.05, 0.1) is 30.0 Å². The van der Waals surface area contributed by atoms with E-state index >= 15 is 0 Å². The average molecular weight is 307 g/mol. The van der Waals surface area contributed by atoms with Crippen molar-refractivity contribution >= 4 is 11.8 Å². The molecule has 1 aliphatic rings. The molecule has 0 aromatic carbocycles. The van der Waals surface area contributed by atoms with E-state index in [1.54, 1.807) is 19.1 Å². The number of carbonyl (C=O) groups is 2. The molecule has 2 atom stereocenters. The molecule has 2 rings (SSSR count). The minimum atomic E-state index is -0.532. The predicted molar refractivity (Wildman–Crippen MR) is 79.3 cm³/mol. The van der Waals surface area contributed by atoms with E-state index in [2.05, 4.69) is 10.3 Å². The minimum Gasteiger partial charge on any atom is -0.379 e. The normalized spacial score (nSPS) is 21.4. The number of aromatic nitrogens is 1. The number of nitrogens with one attached hydrogen (secondary N) is 1. The van der Waals surface area contributed by atoms with Crippen LogP contribution in [0.25, 0.3) is 0 Å². The number of nitrogens with zero attached hydrogens (tertiary/aromatic N) is 1. The molecule has 0 saturated carbocycles. The molecule has 1 fully saturated rings. The van der Waals surface area contributed by atoms with Crippen molar-refractivity contribution in [3.8, 4) is 0 Å². The molecule has 1 saturated heterocycles. The molecule has 0 radical (unpaired) electrons. The van der Waals surface area contributed by atoms with Crippen LogP contribution < -0.4 is 11.1 Å². The number of rotatable bonds is 5. The van der Waals surface area contributed by atoms with Crippen LogP contribution in [-0.2, 0) is 14.3 Å². The summed E-state index contributed by atoms with van der Waals surface area (Å²) >= 11 is 0. The Labute approximate surface area is 129 Å². The van der Waals surface area contributed by atoms with Crippen molar-refractivity contribution in [3.05, 3.63) is 29.1 Å². The zero-order valence-electron chi connectivity index (χ0n) is 12.8. The molecule has 1 aromatic rings. The minimum absolute atomic E-state index is 0.165. The van der Waals surface area contributed by atoms with Crippen molar-refractivity contribution in [2.45, 2.75) is 32.4 Å². The van der Waals surface area contributed by atoms with Crippen LogP contribution in [0.1, 0.15) is 28.2 Å². The number of aryl methyl sites for hydroxylation is 2. The van der Waals surface area contributed by atoms with E-state index < -0.39 is 5.91 Å². The van der Waals surface area contributed by atoms with Gasteiger partial charge in [-0.05, 0) is 32.4 Å². The number of hydrogen-bond donors (Lipinski definition) is 2. The summed E-state index contributed by atoms with van der Waals surface area (Å²) in [6, 6.07) is 3.22. The van der Waals surface area contributed by atoms with E-state index in [4.69, 9.17) is 15.2 Å². The first-order chi connectivity index (χ1) is 10.5. The van der Waals surface area contributed by atoms with Crippen LogP contribution in [0.4, 0.5) is 0 Å². The summed E-state index contributed by atoms with van der Waals surface area (Å²) in [4.78, 5) is 27.5. The third kappa shape index (κ3) is 4.25. The molecule has 7 nitrogen and oxygen atoms in total. The summed E-state index contributed by atoms with van der Waals surface area (Å²) in [6.07, 6.45) is 0.313. The zero-order valence-corrected chi connectivity index (χ0v) is 12.8. The Balaban J connectivity index is 2.02. The molecule has 120 valence electrons. The van der Waals surface area contributed by atoms with Crippen LogP contribution in [-0.4, -0.2) is 48.8 Å². The topological polar surface area (TPSA) is 104 Å². The number of amides is 2. The molecule has 2 amide bonds. The Morgan fingerprint density at radius 1 is 1.45 bits per heavy atom. The lowest BCUT2D eigenvalue weighted by Gasteiger charge is -2.31. The summed E-state index contributed by atoms with van der Waals surface area (Å²) in [5.74, 6) is -0.761. The van der Waals surface area contributed by atoms with Crippen LogP contribution in [0.15, 0.2) is 12.1 Å². The Bertz CT molecular complexity index is 562. The zero-order chi connectivity index (χ0) is 16.1. The van der Waals surface area contributed by atoms with Crippen molar-refractivity contribution < 1.29 is 19.1 Å². The fourth-order valence-electron chi connectivity index (χ4n) is 2.41. The lowest BCUT2D eigenvalue weighted by Crippen LogP contribution is -2.51. The first kappa shape index (κ1) is 16.4. The fraction of sp³-hybridized carbons (Fsp3) is 0.533. The Kier molecular flexibility index (Phi) is 5.46. The van der Waals surface area contributed by atoms with E-state index in [0.29, 0.717) is 30.9 Å². The van der Waals surface area contributed by atoms with Gasteiger partial charge >= 0.3 is 0 Å². The van der Waals surface area contributed by atoms with E-state index in [9.17, 15) is 9.59 Å². The van der Waals surface area contributed by atoms with Crippen LogP contribution in [0.5, 0.6) is 0 Å². The summed E-state index contributed by atoms with van der Waals surface area (Å²) in [5.41, 5.74) is 7.14. The molecule has 0 aliphatic carbocycles. The summed E-state index contributed by atoms with van der Waals surface area (Å²) < 4.78 is 10.8. The molecule has 0 unspecified atom stereocenters. The van der Waals surface area contributed by atoms with Crippen LogP contribution in [0, 0.1) is 13.8 Å². The van der Waals surface area contributed by atoms with E-state index in [-0.39, 0.29) is 24.7 Å².